The molecule has 0 amide bonds. The Morgan fingerprint density at radius 3 is 2.70 bits per heavy atom. The highest BCUT2D eigenvalue weighted by Crippen LogP contribution is 2.25. The number of hydrogen-bond acceptors (Lipinski definition) is 8. The van der Waals surface area contributed by atoms with E-state index in [4.69, 9.17) is 11.6 Å². The van der Waals surface area contributed by atoms with Gasteiger partial charge in [-0.25, -0.2) is 0 Å². The SMILES string of the molecule is Oc1ccc(-n2nnnc2SCc2nnc(Cl)s2)cc1. The lowest BCUT2D eigenvalue weighted by Crippen LogP contribution is -1.98. The second-order valence-corrected chi connectivity index (χ2v) is 6.21. The molecular weight excluding hydrogens is 320 g/mol. The average Bonchev–Trinajstić information content (AvgIpc) is 3.06. The molecule has 0 atom stereocenters. The molecule has 3 rings (SSSR count). The van der Waals surface area contributed by atoms with E-state index in [0.29, 0.717) is 15.4 Å². The van der Waals surface area contributed by atoms with Gasteiger partial charge in [0.05, 0.1) is 11.4 Å². The van der Waals surface area contributed by atoms with E-state index in [0.717, 1.165) is 10.7 Å². The number of hydrogen-bond donors (Lipinski definition) is 1. The molecule has 0 radical (unpaired) electrons. The van der Waals surface area contributed by atoms with Crippen molar-refractivity contribution in [2.75, 3.05) is 0 Å². The predicted octanol–water partition coefficient (Wildman–Crippen LogP) is 2.17. The summed E-state index contributed by atoms with van der Waals surface area (Å²) in [6, 6.07) is 6.63. The number of aromatic hydroxyl groups is 1. The van der Waals surface area contributed by atoms with Crippen LogP contribution in [-0.4, -0.2) is 35.5 Å². The van der Waals surface area contributed by atoms with Crippen LogP contribution in [0.4, 0.5) is 0 Å². The monoisotopic (exact) mass is 326 g/mol. The van der Waals surface area contributed by atoms with E-state index < -0.39 is 0 Å². The zero-order valence-corrected chi connectivity index (χ0v) is 12.2. The van der Waals surface area contributed by atoms with Gasteiger partial charge in [0.2, 0.25) is 9.62 Å². The number of phenolic OH excluding ortho intramolecular Hbond substituents is 1. The number of aromatic nitrogens is 6. The van der Waals surface area contributed by atoms with E-state index in [9.17, 15) is 5.11 Å². The second-order valence-electron chi connectivity index (χ2n) is 3.63. The van der Waals surface area contributed by atoms with Gasteiger partial charge >= 0.3 is 0 Å². The first kappa shape index (κ1) is 13.3. The highest BCUT2D eigenvalue weighted by atomic mass is 35.5. The summed E-state index contributed by atoms with van der Waals surface area (Å²) >= 11 is 8.49. The van der Waals surface area contributed by atoms with Crippen molar-refractivity contribution in [3.8, 4) is 11.4 Å². The normalized spacial score (nSPS) is 10.8. The summed E-state index contributed by atoms with van der Waals surface area (Å²) < 4.78 is 2.01. The van der Waals surface area contributed by atoms with Gasteiger partial charge in [-0.05, 0) is 46.3 Å². The lowest BCUT2D eigenvalue weighted by molar-refractivity contribution is 0.475. The first-order chi connectivity index (χ1) is 9.72. The minimum atomic E-state index is 0.194. The lowest BCUT2D eigenvalue weighted by atomic mass is 10.3. The fourth-order valence-electron chi connectivity index (χ4n) is 1.44. The van der Waals surface area contributed by atoms with Crippen LogP contribution in [0.25, 0.3) is 5.69 Å². The molecule has 102 valence electrons. The van der Waals surface area contributed by atoms with Crippen LogP contribution >= 0.6 is 34.7 Å². The maximum atomic E-state index is 9.29. The molecule has 0 bridgehead atoms. The molecule has 1 N–H and O–H groups in total. The Morgan fingerprint density at radius 2 is 2.00 bits per heavy atom. The summed E-state index contributed by atoms with van der Waals surface area (Å²) in [5.74, 6) is 0.780. The maximum Gasteiger partial charge on any atom is 0.214 e. The molecule has 1 aromatic carbocycles. The highest BCUT2D eigenvalue weighted by molar-refractivity contribution is 7.98. The molecule has 0 aliphatic carbocycles. The molecule has 0 unspecified atom stereocenters. The lowest BCUT2D eigenvalue weighted by Gasteiger charge is -2.03. The van der Waals surface area contributed by atoms with Gasteiger partial charge in [0.25, 0.3) is 0 Å². The summed E-state index contributed by atoms with van der Waals surface area (Å²) in [6.07, 6.45) is 0. The molecule has 0 aliphatic rings. The first-order valence-electron chi connectivity index (χ1n) is 5.41. The van der Waals surface area contributed by atoms with Gasteiger partial charge in [0, 0.05) is 0 Å². The third-order valence-electron chi connectivity index (χ3n) is 2.30. The van der Waals surface area contributed by atoms with Crippen molar-refractivity contribution in [2.24, 2.45) is 0 Å². The van der Waals surface area contributed by atoms with Crippen LogP contribution in [0.3, 0.4) is 0 Å². The molecule has 0 fully saturated rings. The smallest absolute Gasteiger partial charge is 0.214 e. The number of rotatable bonds is 4. The molecule has 2 aromatic heterocycles. The Bertz CT molecular complexity index is 713. The van der Waals surface area contributed by atoms with Crippen molar-refractivity contribution in [1.29, 1.82) is 0 Å². The van der Waals surface area contributed by atoms with E-state index in [-0.39, 0.29) is 5.75 Å². The molecule has 0 spiro atoms. The standard InChI is InChI=1S/C10H7ClN6OS2/c11-9-13-12-8(20-9)5-19-10-14-15-16-17(10)6-1-3-7(18)4-2-6/h1-4,18H,5H2. The molecule has 0 saturated carbocycles. The van der Waals surface area contributed by atoms with Gasteiger partial charge in [0.15, 0.2) is 0 Å². The quantitative estimate of drug-likeness (QED) is 0.735. The Labute approximate surface area is 126 Å². The van der Waals surface area contributed by atoms with E-state index >= 15 is 0 Å². The first-order valence-corrected chi connectivity index (χ1v) is 7.59. The third-order valence-corrected chi connectivity index (χ3v) is 4.43. The third kappa shape index (κ3) is 2.89. The second kappa shape index (κ2) is 5.73. The number of nitrogens with zero attached hydrogens (tertiary/aromatic N) is 6. The topological polar surface area (TPSA) is 89.6 Å². The summed E-state index contributed by atoms with van der Waals surface area (Å²) in [4.78, 5) is 0. The van der Waals surface area contributed by atoms with Gasteiger partial charge in [-0.2, -0.15) is 4.68 Å². The molecule has 0 saturated heterocycles. The summed E-state index contributed by atoms with van der Waals surface area (Å²) in [5, 5.41) is 29.9. The van der Waals surface area contributed by atoms with Crippen LogP contribution in [0, 0.1) is 0 Å². The van der Waals surface area contributed by atoms with E-state index in [1.807, 2.05) is 0 Å². The van der Waals surface area contributed by atoms with Crippen molar-refractivity contribution >= 4 is 34.7 Å². The van der Waals surface area contributed by atoms with E-state index in [1.165, 1.54) is 23.1 Å². The van der Waals surface area contributed by atoms with E-state index in [2.05, 4.69) is 25.7 Å². The van der Waals surface area contributed by atoms with Gasteiger partial charge in [-0.3, -0.25) is 0 Å². The van der Waals surface area contributed by atoms with Crippen LogP contribution in [0.1, 0.15) is 5.01 Å². The molecule has 7 nitrogen and oxygen atoms in total. The number of tetrazole rings is 1. The molecule has 10 heteroatoms. The van der Waals surface area contributed by atoms with Crippen LogP contribution in [0.15, 0.2) is 29.4 Å². The van der Waals surface area contributed by atoms with Crippen molar-refractivity contribution in [3.63, 3.8) is 0 Å². The average molecular weight is 327 g/mol. The van der Waals surface area contributed by atoms with Crippen molar-refractivity contribution in [1.82, 2.24) is 30.4 Å². The largest absolute Gasteiger partial charge is 0.508 e. The molecule has 20 heavy (non-hydrogen) atoms. The number of benzene rings is 1. The van der Waals surface area contributed by atoms with Crippen LogP contribution < -0.4 is 0 Å². The summed E-state index contributed by atoms with van der Waals surface area (Å²) in [5.41, 5.74) is 0.769. The Hall–Kier alpha value is -1.71. The van der Waals surface area contributed by atoms with Gasteiger partial charge in [0.1, 0.15) is 10.8 Å². The van der Waals surface area contributed by atoms with Gasteiger partial charge in [-0.1, -0.05) is 23.1 Å². The Balaban J connectivity index is 1.78. The molecule has 3 aromatic rings. The highest BCUT2D eigenvalue weighted by Gasteiger charge is 2.11. The minimum Gasteiger partial charge on any atom is -0.508 e. The summed E-state index contributed by atoms with van der Waals surface area (Å²) in [6.45, 7) is 0. The molecule has 0 aliphatic heterocycles. The zero-order chi connectivity index (χ0) is 13.9. The number of thioether (sulfide) groups is 1. The fraction of sp³-hybridized carbons (Fsp3) is 0.100. The Morgan fingerprint density at radius 1 is 1.20 bits per heavy atom. The zero-order valence-electron chi connectivity index (χ0n) is 9.84. The van der Waals surface area contributed by atoms with Gasteiger partial charge < -0.3 is 5.11 Å². The fourth-order valence-corrected chi connectivity index (χ4v) is 3.19. The van der Waals surface area contributed by atoms with Crippen LogP contribution in [0.5, 0.6) is 5.75 Å². The summed E-state index contributed by atoms with van der Waals surface area (Å²) in [7, 11) is 0. The number of halogens is 1. The predicted molar refractivity (Wildman–Crippen MR) is 75.3 cm³/mol. The van der Waals surface area contributed by atoms with Gasteiger partial charge in [-0.15, -0.1) is 15.3 Å². The van der Waals surface area contributed by atoms with Crippen LogP contribution in [0.2, 0.25) is 4.47 Å². The molecular formula is C10H7ClN6OS2. The Kier molecular flexibility index (Phi) is 3.81. The van der Waals surface area contributed by atoms with Crippen molar-refractivity contribution in [2.45, 2.75) is 10.9 Å². The molecule has 2 heterocycles. The van der Waals surface area contributed by atoms with Crippen molar-refractivity contribution in [3.05, 3.63) is 33.7 Å². The minimum absolute atomic E-state index is 0.194. The van der Waals surface area contributed by atoms with E-state index in [1.54, 1.807) is 28.9 Å². The van der Waals surface area contributed by atoms with Crippen molar-refractivity contribution < 1.29 is 5.11 Å². The van der Waals surface area contributed by atoms with Crippen LogP contribution in [-0.2, 0) is 5.75 Å². The maximum absolute atomic E-state index is 9.29. The number of phenols is 1.